The number of hydrogen-bond donors (Lipinski definition) is 2. The van der Waals surface area contributed by atoms with E-state index in [1.807, 2.05) is 0 Å². The van der Waals surface area contributed by atoms with E-state index < -0.39 is 6.10 Å². The van der Waals surface area contributed by atoms with E-state index >= 15 is 0 Å². The first kappa shape index (κ1) is 11.3. The summed E-state index contributed by atoms with van der Waals surface area (Å²) in [5, 5.41) is 9.75. The zero-order valence-corrected chi connectivity index (χ0v) is 9.30. The number of aliphatic hydroxyl groups excluding tert-OH is 1. The third kappa shape index (κ3) is 2.68. The highest BCUT2D eigenvalue weighted by molar-refractivity contribution is 4.88. The molecule has 0 aromatic carbocycles. The number of nitrogens with zero attached hydrogens (tertiary/aromatic N) is 2. The molecule has 3 N–H and O–H groups in total. The van der Waals surface area contributed by atoms with Gasteiger partial charge in [-0.05, 0) is 7.05 Å². The van der Waals surface area contributed by atoms with E-state index in [-0.39, 0.29) is 12.1 Å². The van der Waals surface area contributed by atoms with Crippen LogP contribution in [0.2, 0.25) is 0 Å². The monoisotopic (exact) mass is 215 g/mol. The lowest BCUT2D eigenvalue weighted by atomic mass is 10.1. The summed E-state index contributed by atoms with van der Waals surface area (Å²) >= 11 is 0. The minimum absolute atomic E-state index is 0.0941. The molecule has 2 aliphatic heterocycles. The molecule has 15 heavy (non-hydrogen) atoms. The maximum absolute atomic E-state index is 9.75. The number of rotatable bonds is 2. The SMILES string of the molecule is CN1CCN(C[C@@H]2OC[C@H](N)[C@H]2O)CC1. The lowest BCUT2D eigenvalue weighted by Crippen LogP contribution is -2.49. The number of hydrogen-bond acceptors (Lipinski definition) is 5. The molecule has 5 nitrogen and oxygen atoms in total. The molecule has 0 aliphatic carbocycles. The predicted octanol–water partition coefficient (Wildman–Crippen LogP) is -1.68. The van der Waals surface area contributed by atoms with E-state index in [0.717, 1.165) is 32.7 Å². The van der Waals surface area contributed by atoms with Crippen LogP contribution in [0.15, 0.2) is 0 Å². The van der Waals surface area contributed by atoms with Crippen molar-refractivity contribution in [2.45, 2.75) is 18.2 Å². The van der Waals surface area contributed by atoms with Crippen LogP contribution in [-0.4, -0.2) is 79.5 Å². The second-order valence-electron chi connectivity index (χ2n) is 4.63. The highest BCUT2D eigenvalue weighted by atomic mass is 16.5. The standard InChI is InChI=1S/C10H21N3O2/c1-12-2-4-13(5-3-12)6-9-10(14)8(11)7-15-9/h8-10,14H,2-7,11H2,1H3/t8-,9-,10+/m0/s1. The van der Waals surface area contributed by atoms with Crippen LogP contribution in [0.25, 0.3) is 0 Å². The van der Waals surface area contributed by atoms with E-state index in [0.29, 0.717) is 6.61 Å². The van der Waals surface area contributed by atoms with E-state index in [4.69, 9.17) is 10.5 Å². The van der Waals surface area contributed by atoms with Crippen molar-refractivity contribution < 1.29 is 9.84 Å². The van der Waals surface area contributed by atoms with Crippen molar-refractivity contribution in [1.82, 2.24) is 9.80 Å². The van der Waals surface area contributed by atoms with Gasteiger partial charge in [0.15, 0.2) is 0 Å². The summed E-state index contributed by atoms with van der Waals surface area (Å²) in [6.45, 7) is 5.59. The van der Waals surface area contributed by atoms with Gasteiger partial charge in [-0.1, -0.05) is 0 Å². The van der Waals surface area contributed by atoms with Crippen LogP contribution in [-0.2, 0) is 4.74 Å². The van der Waals surface area contributed by atoms with E-state index in [1.165, 1.54) is 0 Å². The fourth-order valence-corrected chi connectivity index (χ4v) is 2.15. The minimum atomic E-state index is -0.496. The molecule has 2 rings (SSSR count). The van der Waals surface area contributed by atoms with Crippen molar-refractivity contribution in [1.29, 1.82) is 0 Å². The number of aliphatic hydroxyl groups is 1. The van der Waals surface area contributed by atoms with Crippen LogP contribution in [0, 0.1) is 0 Å². The van der Waals surface area contributed by atoms with E-state index in [2.05, 4.69) is 16.8 Å². The molecule has 0 aromatic rings. The first-order valence-electron chi connectivity index (χ1n) is 5.63. The van der Waals surface area contributed by atoms with Gasteiger partial charge in [-0.25, -0.2) is 0 Å². The second kappa shape index (κ2) is 4.76. The van der Waals surface area contributed by atoms with Crippen molar-refractivity contribution in [2.75, 3.05) is 46.4 Å². The molecule has 88 valence electrons. The van der Waals surface area contributed by atoms with Crippen molar-refractivity contribution in [2.24, 2.45) is 5.73 Å². The first-order chi connectivity index (χ1) is 7.16. The normalized spacial score (nSPS) is 39.8. The Labute approximate surface area is 90.8 Å². The topological polar surface area (TPSA) is 62.0 Å². The highest BCUT2D eigenvalue weighted by Crippen LogP contribution is 2.14. The minimum Gasteiger partial charge on any atom is -0.389 e. The van der Waals surface area contributed by atoms with Crippen LogP contribution >= 0.6 is 0 Å². The average Bonchev–Trinajstić information content (AvgIpc) is 2.53. The summed E-state index contributed by atoms with van der Waals surface area (Å²) in [6, 6.07) is -0.206. The molecule has 0 bridgehead atoms. The summed E-state index contributed by atoms with van der Waals surface area (Å²) in [5.74, 6) is 0. The fourth-order valence-electron chi connectivity index (χ4n) is 2.15. The van der Waals surface area contributed by atoms with Crippen LogP contribution in [0.4, 0.5) is 0 Å². The van der Waals surface area contributed by atoms with Crippen molar-refractivity contribution >= 4 is 0 Å². The Hall–Kier alpha value is -0.200. The molecule has 0 amide bonds. The first-order valence-corrected chi connectivity index (χ1v) is 5.63. The number of likely N-dealkylation sites (N-methyl/N-ethyl adjacent to an activating group) is 1. The molecular weight excluding hydrogens is 194 g/mol. The quantitative estimate of drug-likeness (QED) is 0.576. The maximum atomic E-state index is 9.75. The Morgan fingerprint density at radius 1 is 1.33 bits per heavy atom. The van der Waals surface area contributed by atoms with Gasteiger partial charge in [0.05, 0.1) is 24.9 Å². The van der Waals surface area contributed by atoms with Crippen molar-refractivity contribution in [3.63, 3.8) is 0 Å². The number of nitrogens with two attached hydrogens (primary N) is 1. The van der Waals surface area contributed by atoms with E-state index in [1.54, 1.807) is 0 Å². The summed E-state index contributed by atoms with van der Waals surface area (Å²) in [6.07, 6.45) is -0.590. The third-order valence-corrected chi connectivity index (χ3v) is 3.36. The highest BCUT2D eigenvalue weighted by Gasteiger charge is 2.34. The third-order valence-electron chi connectivity index (χ3n) is 3.36. The van der Waals surface area contributed by atoms with Gasteiger partial charge in [0, 0.05) is 32.7 Å². The largest absolute Gasteiger partial charge is 0.389 e. The molecule has 0 unspecified atom stereocenters. The second-order valence-corrected chi connectivity index (χ2v) is 4.63. The summed E-state index contributed by atoms with van der Waals surface area (Å²) in [5.41, 5.74) is 5.69. The fraction of sp³-hybridized carbons (Fsp3) is 1.00. The molecule has 2 heterocycles. The number of ether oxygens (including phenoxy) is 1. The van der Waals surface area contributed by atoms with Gasteiger partial charge >= 0.3 is 0 Å². The molecule has 0 saturated carbocycles. The smallest absolute Gasteiger partial charge is 0.0987 e. The van der Waals surface area contributed by atoms with Crippen molar-refractivity contribution in [3.8, 4) is 0 Å². The van der Waals surface area contributed by atoms with E-state index in [9.17, 15) is 5.11 Å². The van der Waals surface area contributed by atoms with Gasteiger partial charge in [0.25, 0.3) is 0 Å². The molecule has 5 heteroatoms. The van der Waals surface area contributed by atoms with Crippen LogP contribution in [0.1, 0.15) is 0 Å². The van der Waals surface area contributed by atoms with Gasteiger partial charge < -0.3 is 20.5 Å². The van der Waals surface area contributed by atoms with Gasteiger partial charge in [-0.15, -0.1) is 0 Å². The van der Waals surface area contributed by atoms with Crippen molar-refractivity contribution in [3.05, 3.63) is 0 Å². The van der Waals surface area contributed by atoms with Crippen LogP contribution < -0.4 is 5.73 Å². The molecule has 2 saturated heterocycles. The molecule has 0 aromatic heterocycles. The predicted molar refractivity (Wildman–Crippen MR) is 57.7 cm³/mol. The Bertz CT molecular complexity index is 207. The Balaban J connectivity index is 1.77. The summed E-state index contributed by atoms with van der Waals surface area (Å²) in [4.78, 5) is 4.65. The Kier molecular flexibility index (Phi) is 3.58. The molecule has 0 radical (unpaired) electrons. The zero-order chi connectivity index (χ0) is 10.8. The summed E-state index contributed by atoms with van der Waals surface area (Å²) in [7, 11) is 2.13. The van der Waals surface area contributed by atoms with Crippen LogP contribution in [0.5, 0.6) is 0 Å². The lowest BCUT2D eigenvalue weighted by molar-refractivity contribution is 0.00659. The molecule has 2 aliphatic rings. The zero-order valence-electron chi connectivity index (χ0n) is 9.30. The molecule has 2 fully saturated rings. The van der Waals surface area contributed by atoms with Gasteiger partial charge in [-0.3, -0.25) is 4.90 Å². The maximum Gasteiger partial charge on any atom is 0.0987 e. The van der Waals surface area contributed by atoms with Gasteiger partial charge in [0.2, 0.25) is 0 Å². The molecule has 0 spiro atoms. The molecular formula is C10H21N3O2. The number of piperazine rings is 1. The van der Waals surface area contributed by atoms with Gasteiger partial charge in [0.1, 0.15) is 0 Å². The Morgan fingerprint density at radius 2 is 2.00 bits per heavy atom. The molecule has 3 atom stereocenters. The average molecular weight is 215 g/mol. The lowest BCUT2D eigenvalue weighted by Gasteiger charge is -2.34. The Morgan fingerprint density at radius 3 is 2.53 bits per heavy atom. The van der Waals surface area contributed by atoms with Gasteiger partial charge in [-0.2, -0.15) is 0 Å². The summed E-state index contributed by atoms with van der Waals surface area (Å²) < 4.78 is 5.48. The van der Waals surface area contributed by atoms with Crippen LogP contribution in [0.3, 0.4) is 0 Å².